The largest absolute Gasteiger partial charge is 0.142 e. The molecular weight excluding hydrogens is 312 g/mol. The molecule has 0 spiro atoms. The van der Waals surface area contributed by atoms with Gasteiger partial charge in [0.25, 0.3) is 0 Å². The van der Waals surface area contributed by atoms with Gasteiger partial charge in [0.05, 0.1) is 0 Å². The zero-order valence-corrected chi connectivity index (χ0v) is 12.6. The monoisotopic (exact) mass is 322 g/mol. The van der Waals surface area contributed by atoms with Gasteiger partial charge in [-0.2, -0.15) is 0 Å². The quantitative estimate of drug-likeness (QED) is 0.447. The second-order valence-corrected chi connectivity index (χ2v) is 13.4. The summed E-state index contributed by atoms with van der Waals surface area (Å²) in [5, 5.41) is 1.55. The van der Waals surface area contributed by atoms with E-state index < -0.39 is 7.42 Å². The van der Waals surface area contributed by atoms with E-state index in [1.54, 1.807) is 5.19 Å². The average molecular weight is 324 g/mol. The second kappa shape index (κ2) is 6.13. The molecule has 1 rings (SSSR count). The van der Waals surface area contributed by atoms with Crippen molar-refractivity contribution in [1.82, 2.24) is 0 Å². The highest BCUT2D eigenvalue weighted by atomic mass is 79.9. The van der Waals surface area contributed by atoms with E-state index in [9.17, 15) is 0 Å². The minimum absolute atomic E-state index is 0.162. The number of hydrogen-bond acceptors (Lipinski definition) is 0. The molecule has 1 atom stereocenters. The zero-order valence-electron chi connectivity index (χ0n) is 6.84. The predicted octanol–water partition coefficient (Wildman–Crippen LogP) is 1.49. The van der Waals surface area contributed by atoms with Crippen molar-refractivity contribution in [2.75, 3.05) is 4.95 Å². The molecule has 12 heavy (non-hydrogen) atoms. The van der Waals surface area contributed by atoms with Crippen molar-refractivity contribution in [2.45, 2.75) is 5.67 Å². The second-order valence-electron chi connectivity index (χ2n) is 2.71. The fraction of sp³-hybridized carbons (Fsp3) is 0.250. The lowest BCUT2D eigenvalue weighted by Gasteiger charge is -2.05. The molecule has 0 aromatic heterocycles. The molecule has 0 N–H and O–H groups in total. The maximum absolute atomic E-state index is 3.84. The van der Waals surface area contributed by atoms with Crippen LogP contribution in [0.1, 0.15) is 0 Å². The molecule has 0 amide bonds. The van der Waals surface area contributed by atoms with E-state index in [1.165, 1.54) is 10.6 Å². The fourth-order valence-electron chi connectivity index (χ4n) is 1.08. The molecule has 0 saturated carbocycles. The molecule has 0 nitrogen and oxygen atoms in total. The zero-order chi connectivity index (χ0) is 8.81. The lowest BCUT2D eigenvalue weighted by molar-refractivity contribution is 1.75. The third-order valence-corrected chi connectivity index (χ3v) is 14.2. The third kappa shape index (κ3) is 3.55. The Kier molecular flexibility index (Phi) is 5.46. The SMILES string of the molecule is BrC[SiH2]C[SiH](Br)c1ccccc1. The van der Waals surface area contributed by atoms with Gasteiger partial charge in [-0.15, -0.1) is 15.3 Å². The summed E-state index contributed by atoms with van der Waals surface area (Å²) in [6.07, 6.45) is 0. The molecule has 1 aromatic carbocycles. The van der Waals surface area contributed by atoms with Crippen molar-refractivity contribution in [3.63, 3.8) is 0 Å². The summed E-state index contributed by atoms with van der Waals surface area (Å²) < 4.78 is 0. The molecule has 0 bridgehead atoms. The Balaban J connectivity index is 2.48. The highest BCUT2D eigenvalue weighted by Crippen LogP contribution is 2.01. The Morgan fingerprint density at radius 1 is 1.25 bits per heavy atom. The van der Waals surface area contributed by atoms with Gasteiger partial charge in [-0.05, 0) is 4.95 Å². The van der Waals surface area contributed by atoms with Crippen LogP contribution in [-0.2, 0) is 0 Å². The molecule has 0 radical (unpaired) electrons. The molecule has 0 saturated heterocycles. The van der Waals surface area contributed by atoms with Crippen LogP contribution in [0.3, 0.4) is 0 Å². The predicted molar refractivity (Wildman–Crippen MR) is 69.3 cm³/mol. The van der Waals surface area contributed by atoms with Crippen LogP contribution < -0.4 is 5.19 Å². The summed E-state index contributed by atoms with van der Waals surface area (Å²) in [5.41, 5.74) is 1.47. The minimum atomic E-state index is -0.734. The number of hydrogen-bond donors (Lipinski definition) is 0. The average Bonchev–Trinajstić information content (AvgIpc) is 2.15. The molecule has 1 unspecified atom stereocenters. The maximum atomic E-state index is 3.84. The van der Waals surface area contributed by atoms with Crippen LogP contribution in [0.25, 0.3) is 0 Å². The Morgan fingerprint density at radius 3 is 2.50 bits per heavy atom. The van der Waals surface area contributed by atoms with E-state index in [1.807, 2.05) is 0 Å². The first-order valence-electron chi connectivity index (χ1n) is 4.09. The topological polar surface area (TPSA) is 0 Å². The summed E-state index contributed by atoms with van der Waals surface area (Å²) in [6, 6.07) is 10.8. The van der Waals surface area contributed by atoms with Gasteiger partial charge in [-0.1, -0.05) is 57.1 Å². The van der Waals surface area contributed by atoms with Crippen molar-refractivity contribution >= 4 is 53.3 Å². The Morgan fingerprint density at radius 2 is 1.92 bits per heavy atom. The molecule has 4 heteroatoms. The minimum Gasteiger partial charge on any atom is -0.125 e. The Bertz CT molecular complexity index is 216. The van der Waals surface area contributed by atoms with Gasteiger partial charge >= 0.3 is 0 Å². The van der Waals surface area contributed by atoms with Gasteiger partial charge in [0.15, 0.2) is 0 Å². The van der Waals surface area contributed by atoms with Crippen LogP contribution in [0.2, 0.25) is 5.67 Å². The summed E-state index contributed by atoms with van der Waals surface area (Å²) >= 11 is 7.35. The van der Waals surface area contributed by atoms with E-state index in [2.05, 4.69) is 61.6 Å². The number of benzene rings is 1. The highest BCUT2D eigenvalue weighted by molar-refractivity contribution is 9.25. The van der Waals surface area contributed by atoms with Crippen LogP contribution in [-0.4, -0.2) is 21.9 Å². The summed E-state index contributed by atoms with van der Waals surface area (Å²) in [6.45, 7) is 0. The molecule has 1 aromatic rings. The van der Waals surface area contributed by atoms with Gasteiger partial charge in [-0.3, -0.25) is 0 Å². The Labute approximate surface area is 93.9 Å². The highest BCUT2D eigenvalue weighted by Gasteiger charge is 2.07. The smallest absolute Gasteiger partial charge is 0.125 e. The third-order valence-electron chi connectivity index (χ3n) is 1.75. The summed E-state index contributed by atoms with van der Waals surface area (Å²) in [7, 11) is -0.572. The first-order valence-corrected chi connectivity index (χ1v) is 11.8. The van der Waals surface area contributed by atoms with E-state index in [-0.39, 0.29) is 9.52 Å². The van der Waals surface area contributed by atoms with Crippen LogP contribution in [0.4, 0.5) is 0 Å². The standard InChI is InChI=1S/C8H12Br2Si2/c9-6-11-7-12(10)8-4-2-1-3-5-8/h1-5,12H,6-7,11H2. The van der Waals surface area contributed by atoms with Crippen molar-refractivity contribution in [1.29, 1.82) is 0 Å². The molecule has 0 aliphatic rings. The molecule has 0 aliphatic heterocycles. The van der Waals surface area contributed by atoms with E-state index in [4.69, 9.17) is 0 Å². The first kappa shape index (κ1) is 10.7. The first-order chi connectivity index (χ1) is 5.84. The van der Waals surface area contributed by atoms with E-state index in [0.717, 1.165) is 0 Å². The maximum Gasteiger partial charge on any atom is 0.142 e. The molecular formula is C8H12Br2Si2. The summed E-state index contributed by atoms with van der Waals surface area (Å²) in [5.74, 6) is 0. The van der Waals surface area contributed by atoms with Crippen molar-refractivity contribution in [2.24, 2.45) is 0 Å². The molecule has 0 aliphatic carbocycles. The van der Waals surface area contributed by atoms with Crippen molar-refractivity contribution in [3.8, 4) is 0 Å². The van der Waals surface area contributed by atoms with Crippen LogP contribution in [0.5, 0.6) is 0 Å². The van der Waals surface area contributed by atoms with Gasteiger partial charge in [0.1, 0.15) is 7.42 Å². The molecule has 66 valence electrons. The van der Waals surface area contributed by atoms with Gasteiger partial charge < -0.3 is 0 Å². The van der Waals surface area contributed by atoms with E-state index >= 15 is 0 Å². The lowest BCUT2D eigenvalue weighted by atomic mass is 10.4. The molecule has 0 heterocycles. The van der Waals surface area contributed by atoms with Crippen molar-refractivity contribution < 1.29 is 0 Å². The number of halogens is 2. The Hall–Kier alpha value is 0.614. The van der Waals surface area contributed by atoms with Crippen LogP contribution >= 0.6 is 31.2 Å². The van der Waals surface area contributed by atoms with Crippen molar-refractivity contribution in [3.05, 3.63) is 30.3 Å². The van der Waals surface area contributed by atoms with Gasteiger partial charge in [0, 0.05) is 9.52 Å². The number of alkyl halides is 1. The van der Waals surface area contributed by atoms with Gasteiger partial charge in [-0.25, -0.2) is 0 Å². The van der Waals surface area contributed by atoms with E-state index in [0.29, 0.717) is 0 Å². The lowest BCUT2D eigenvalue weighted by Crippen LogP contribution is -2.25. The summed E-state index contributed by atoms with van der Waals surface area (Å²) in [4.78, 5) is 1.26. The number of rotatable bonds is 4. The fourth-order valence-corrected chi connectivity index (χ4v) is 11.9. The van der Waals surface area contributed by atoms with Crippen LogP contribution in [0.15, 0.2) is 30.3 Å². The normalized spacial score (nSPS) is 13.8. The molecule has 0 fully saturated rings. The van der Waals surface area contributed by atoms with Gasteiger partial charge in [0.2, 0.25) is 0 Å². The van der Waals surface area contributed by atoms with Crippen LogP contribution in [0, 0.1) is 0 Å².